The highest BCUT2D eigenvalue weighted by Crippen LogP contribution is 2.22. The fourth-order valence-corrected chi connectivity index (χ4v) is 4.78. The number of rotatable bonds is 14. The molecule has 10 nitrogen and oxygen atoms in total. The Morgan fingerprint density at radius 2 is 0.809 bits per heavy atom. The Morgan fingerprint density at radius 1 is 0.468 bits per heavy atom. The minimum atomic E-state index is -0.284. The minimum Gasteiger partial charge on any atom is -0.338 e. The summed E-state index contributed by atoms with van der Waals surface area (Å²) in [5, 5.41) is 17.0. The zero-order valence-corrected chi connectivity index (χ0v) is 26.8. The van der Waals surface area contributed by atoms with Crippen molar-refractivity contribution in [1.82, 2.24) is 10.6 Å². The molecule has 4 aromatic carbocycles. The quantitative estimate of drug-likeness (QED) is 0.0794. The highest BCUT2D eigenvalue weighted by molar-refractivity contribution is 6.07. The van der Waals surface area contributed by atoms with Crippen LogP contribution in [-0.2, 0) is 6.42 Å². The lowest BCUT2D eigenvalue weighted by Gasteiger charge is -2.14. The summed E-state index contributed by atoms with van der Waals surface area (Å²) >= 11 is 0. The van der Waals surface area contributed by atoms with Gasteiger partial charge in [-0.1, -0.05) is 63.1 Å². The molecular formula is C37H42N6O4. The number of urea groups is 2. The first-order valence-electron chi connectivity index (χ1n) is 15.9. The highest BCUT2D eigenvalue weighted by atomic mass is 16.2. The smallest absolute Gasteiger partial charge is 0.319 e. The van der Waals surface area contributed by atoms with Crippen molar-refractivity contribution in [3.8, 4) is 0 Å². The van der Waals surface area contributed by atoms with Crippen molar-refractivity contribution >= 4 is 46.6 Å². The van der Waals surface area contributed by atoms with E-state index in [-0.39, 0.29) is 23.9 Å². The van der Waals surface area contributed by atoms with Crippen molar-refractivity contribution in [3.05, 3.63) is 119 Å². The lowest BCUT2D eigenvalue weighted by Crippen LogP contribution is -2.29. The summed E-state index contributed by atoms with van der Waals surface area (Å²) in [5.74, 6) is -0.568. The SMILES string of the molecule is CCCCNC(=O)Nc1ccc(NC(=O)c2ccccc2Cc2ccccc2C(=O)Nc2ccc(NC(=O)NCCCC)cc2)cc1. The van der Waals surface area contributed by atoms with Gasteiger partial charge in [0.05, 0.1) is 0 Å². The second kappa shape index (κ2) is 17.7. The van der Waals surface area contributed by atoms with E-state index in [1.54, 1.807) is 72.8 Å². The summed E-state index contributed by atoms with van der Waals surface area (Å²) in [7, 11) is 0. The Labute approximate surface area is 275 Å². The molecule has 0 aromatic heterocycles. The van der Waals surface area contributed by atoms with Crippen LogP contribution in [0.4, 0.5) is 32.3 Å². The highest BCUT2D eigenvalue weighted by Gasteiger charge is 2.16. The summed E-state index contributed by atoms with van der Waals surface area (Å²) in [6, 6.07) is 27.9. The molecule has 0 radical (unpaired) electrons. The molecule has 6 amide bonds. The first-order valence-corrected chi connectivity index (χ1v) is 15.9. The van der Waals surface area contributed by atoms with E-state index in [1.807, 2.05) is 24.3 Å². The van der Waals surface area contributed by atoms with Crippen molar-refractivity contribution in [3.63, 3.8) is 0 Å². The molecule has 4 rings (SSSR count). The molecule has 0 bridgehead atoms. The summed E-state index contributed by atoms with van der Waals surface area (Å²) < 4.78 is 0. The number of nitrogens with one attached hydrogen (secondary N) is 6. The van der Waals surface area contributed by atoms with Gasteiger partial charge in [-0.25, -0.2) is 9.59 Å². The number of carbonyl (C=O) groups excluding carboxylic acids is 4. The fraction of sp³-hybridized carbons (Fsp3) is 0.243. The first-order chi connectivity index (χ1) is 22.9. The van der Waals surface area contributed by atoms with Crippen LogP contribution in [0.5, 0.6) is 0 Å². The summed E-state index contributed by atoms with van der Waals surface area (Å²) in [6.45, 7) is 5.34. The Bertz CT molecular complexity index is 1530. The molecule has 6 N–H and O–H groups in total. The van der Waals surface area contributed by atoms with Crippen LogP contribution in [0.15, 0.2) is 97.1 Å². The predicted molar refractivity (Wildman–Crippen MR) is 188 cm³/mol. The maximum atomic E-state index is 13.4. The van der Waals surface area contributed by atoms with E-state index in [1.165, 1.54) is 0 Å². The molecular weight excluding hydrogens is 592 g/mol. The van der Waals surface area contributed by atoms with Crippen LogP contribution >= 0.6 is 0 Å². The van der Waals surface area contributed by atoms with Crippen LogP contribution in [0.2, 0.25) is 0 Å². The molecule has 0 unspecified atom stereocenters. The summed E-state index contributed by atoms with van der Waals surface area (Å²) in [5.41, 5.74) is 4.90. The standard InChI is InChI=1S/C37H42N6O4/c1-3-5-23-38-36(46)42-30-19-15-28(16-20-30)40-34(44)32-13-9-7-11-26(32)25-27-12-8-10-14-33(27)35(45)41-29-17-21-31(22-18-29)43-37(47)39-24-6-4-2/h7-22H,3-6,23-25H2,1-2H3,(H,40,44)(H,41,45)(H2,38,42,46)(H2,39,43,47). The number of unbranched alkanes of at least 4 members (excludes halogenated alkanes) is 2. The molecule has 0 aliphatic rings. The van der Waals surface area contributed by atoms with Gasteiger partial charge in [-0.3, -0.25) is 9.59 Å². The van der Waals surface area contributed by atoms with Gasteiger partial charge < -0.3 is 31.9 Å². The van der Waals surface area contributed by atoms with E-state index in [2.05, 4.69) is 45.7 Å². The molecule has 0 aliphatic carbocycles. The molecule has 0 heterocycles. The number of carbonyl (C=O) groups is 4. The van der Waals surface area contributed by atoms with E-state index in [0.717, 1.165) is 36.8 Å². The summed E-state index contributed by atoms with van der Waals surface area (Å²) in [4.78, 5) is 50.8. The molecule has 244 valence electrons. The normalized spacial score (nSPS) is 10.4. The Balaban J connectivity index is 1.38. The van der Waals surface area contributed by atoms with Crippen LogP contribution in [0.25, 0.3) is 0 Å². The zero-order valence-electron chi connectivity index (χ0n) is 26.8. The number of hydrogen-bond donors (Lipinski definition) is 6. The van der Waals surface area contributed by atoms with Gasteiger partial charge in [0.15, 0.2) is 0 Å². The molecule has 0 fully saturated rings. The molecule has 0 atom stereocenters. The number of amides is 6. The van der Waals surface area contributed by atoms with E-state index >= 15 is 0 Å². The first kappa shape index (κ1) is 34.2. The van der Waals surface area contributed by atoms with Gasteiger partial charge in [-0.15, -0.1) is 0 Å². The average molecular weight is 635 g/mol. The fourth-order valence-electron chi connectivity index (χ4n) is 4.78. The Morgan fingerprint density at radius 3 is 1.17 bits per heavy atom. The molecule has 10 heteroatoms. The minimum absolute atomic E-state index is 0.271. The van der Waals surface area contributed by atoms with Gasteiger partial charge >= 0.3 is 12.1 Å². The van der Waals surface area contributed by atoms with Crippen molar-refractivity contribution in [2.24, 2.45) is 0 Å². The van der Waals surface area contributed by atoms with Gasteiger partial charge in [0.25, 0.3) is 11.8 Å². The third kappa shape index (κ3) is 10.7. The summed E-state index contributed by atoms with van der Waals surface area (Å²) in [6.07, 6.45) is 4.17. The number of benzene rings is 4. The van der Waals surface area contributed by atoms with Crippen molar-refractivity contribution in [2.45, 2.75) is 46.0 Å². The van der Waals surface area contributed by atoms with Crippen molar-refractivity contribution < 1.29 is 19.2 Å². The molecule has 0 aliphatic heterocycles. The number of anilines is 4. The number of hydrogen-bond acceptors (Lipinski definition) is 4. The van der Waals surface area contributed by atoms with Gasteiger partial charge in [0.2, 0.25) is 0 Å². The van der Waals surface area contributed by atoms with Gasteiger partial charge in [0.1, 0.15) is 0 Å². The average Bonchev–Trinajstić information content (AvgIpc) is 3.07. The molecule has 0 saturated carbocycles. The van der Waals surface area contributed by atoms with E-state index in [4.69, 9.17) is 0 Å². The van der Waals surface area contributed by atoms with Crippen LogP contribution in [0, 0.1) is 0 Å². The zero-order chi connectivity index (χ0) is 33.4. The van der Waals surface area contributed by atoms with E-state index < -0.39 is 0 Å². The molecule has 0 saturated heterocycles. The van der Waals surface area contributed by atoms with Crippen LogP contribution in [0.3, 0.4) is 0 Å². The second-order valence-corrected chi connectivity index (χ2v) is 11.0. The van der Waals surface area contributed by atoms with Gasteiger partial charge in [-0.05, 0) is 91.1 Å². The van der Waals surface area contributed by atoms with Crippen molar-refractivity contribution in [2.75, 3.05) is 34.4 Å². The molecule has 47 heavy (non-hydrogen) atoms. The van der Waals surface area contributed by atoms with Gasteiger partial charge in [-0.2, -0.15) is 0 Å². The van der Waals surface area contributed by atoms with Crippen molar-refractivity contribution in [1.29, 1.82) is 0 Å². The molecule has 0 spiro atoms. The third-order valence-electron chi connectivity index (χ3n) is 7.34. The van der Waals surface area contributed by atoms with E-state index in [9.17, 15) is 19.2 Å². The van der Waals surface area contributed by atoms with Gasteiger partial charge in [0, 0.05) is 47.0 Å². The predicted octanol–water partition coefficient (Wildman–Crippen LogP) is 7.63. The van der Waals surface area contributed by atoms with Crippen LogP contribution in [0.1, 0.15) is 71.4 Å². The van der Waals surface area contributed by atoms with Crippen LogP contribution < -0.4 is 31.9 Å². The maximum absolute atomic E-state index is 13.4. The lowest BCUT2D eigenvalue weighted by molar-refractivity contribution is 0.101. The largest absolute Gasteiger partial charge is 0.338 e. The molecule has 4 aromatic rings. The Hall–Kier alpha value is -5.64. The monoisotopic (exact) mass is 634 g/mol. The second-order valence-electron chi connectivity index (χ2n) is 11.0. The van der Waals surface area contributed by atoms with E-state index in [0.29, 0.717) is 53.4 Å². The third-order valence-corrected chi connectivity index (χ3v) is 7.34. The van der Waals surface area contributed by atoms with Crippen LogP contribution in [-0.4, -0.2) is 37.0 Å². The maximum Gasteiger partial charge on any atom is 0.319 e. The topological polar surface area (TPSA) is 140 Å². The Kier molecular flexibility index (Phi) is 12.9. The lowest BCUT2D eigenvalue weighted by atomic mass is 9.95.